The first-order chi connectivity index (χ1) is 5.29. The number of carbonyl (C=O) groups excluding carboxylic acids is 1. The Balaban J connectivity index is 2.12. The third kappa shape index (κ3) is 1.03. The smallest absolute Gasteiger partial charge is 0.239 e. The van der Waals surface area contributed by atoms with Crippen LogP contribution in [0.1, 0.15) is 12.8 Å². The van der Waals surface area contributed by atoms with E-state index >= 15 is 0 Å². The van der Waals surface area contributed by atoms with Crippen molar-refractivity contribution in [1.29, 1.82) is 0 Å². The van der Waals surface area contributed by atoms with E-state index in [1.807, 2.05) is 11.9 Å². The van der Waals surface area contributed by atoms with Crippen molar-refractivity contribution in [3.8, 4) is 0 Å². The van der Waals surface area contributed by atoms with Crippen LogP contribution in [-0.2, 0) is 4.79 Å². The topological polar surface area (TPSA) is 23.6 Å². The Morgan fingerprint density at radius 3 is 3.00 bits per heavy atom. The molecule has 0 spiro atoms. The molecule has 11 heavy (non-hydrogen) atoms. The van der Waals surface area contributed by atoms with Crippen molar-refractivity contribution in [3.05, 3.63) is 0 Å². The summed E-state index contributed by atoms with van der Waals surface area (Å²) in [5.41, 5.74) is 0. The number of likely N-dealkylation sites (N-methyl/N-ethyl adjacent to an activating group) is 1. The van der Waals surface area contributed by atoms with E-state index in [1.165, 1.54) is 6.42 Å². The average Bonchev–Trinajstić information content (AvgIpc) is 2.45. The fraction of sp³-hybridized carbons (Fsp3) is 0.875. The first kappa shape index (κ1) is 7.10. The summed E-state index contributed by atoms with van der Waals surface area (Å²) < 4.78 is 0. The molecule has 0 bridgehead atoms. The van der Waals surface area contributed by atoms with Gasteiger partial charge in [0.15, 0.2) is 0 Å². The highest BCUT2D eigenvalue weighted by molar-refractivity contribution is 5.82. The van der Waals surface area contributed by atoms with Gasteiger partial charge in [-0.1, -0.05) is 0 Å². The van der Waals surface area contributed by atoms with Gasteiger partial charge in [-0.2, -0.15) is 0 Å². The van der Waals surface area contributed by atoms with Gasteiger partial charge in [-0.25, -0.2) is 0 Å². The molecule has 0 aromatic carbocycles. The predicted octanol–water partition coefficient (Wildman–Crippen LogP) is -0.0772. The van der Waals surface area contributed by atoms with Crippen LogP contribution in [0.15, 0.2) is 0 Å². The number of piperazine rings is 1. The first-order valence-electron chi connectivity index (χ1n) is 4.28. The molecule has 0 N–H and O–H groups in total. The third-order valence-electron chi connectivity index (χ3n) is 2.75. The number of hydrogen-bond acceptors (Lipinski definition) is 2. The molecular weight excluding hydrogens is 140 g/mol. The van der Waals surface area contributed by atoms with Crippen molar-refractivity contribution in [2.75, 3.05) is 26.7 Å². The van der Waals surface area contributed by atoms with Crippen LogP contribution in [0, 0.1) is 0 Å². The van der Waals surface area contributed by atoms with Crippen LogP contribution in [0.5, 0.6) is 0 Å². The normalized spacial score (nSPS) is 32.6. The Bertz CT molecular complexity index is 181. The van der Waals surface area contributed by atoms with Gasteiger partial charge in [0.25, 0.3) is 0 Å². The molecule has 0 aliphatic carbocycles. The molecule has 2 rings (SSSR count). The van der Waals surface area contributed by atoms with Gasteiger partial charge in [-0.3, -0.25) is 9.69 Å². The highest BCUT2D eigenvalue weighted by Crippen LogP contribution is 2.21. The number of hydrogen-bond donors (Lipinski definition) is 0. The van der Waals surface area contributed by atoms with Crippen LogP contribution in [0.4, 0.5) is 0 Å². The van der Waals surface area contributed by atoms with Gasteiger partial charge in [0.05, 0.1) is 6.04 Å². The Morgan fingerprint density at radius 2 is 2.18 bits per heavy atom. The minimum Gasteiger partial charge on any atom is -0.343 e. The summed E-state index contributed by atoms with van der Waals surface area (Å²) in [6.45, 7) is 3.12. The Kier molecular flexibility index (Phi) is 1.60. The van der Waals surface area contributed by atoms with Gasteiger partial charge in [0.2, 0.25) is 5.91 Å². The second kappa shape index (κ2) is 2.48. The Hall–Kier alpha value is -0.570. The highest BCUT2D eigenvalue weighted by atomic mass is 16.2. The second-order valence-corrected chi connectivity index (χ2v) is 3.45. The minimum absolute atomic E-state index is 0.230. The van der Waals surface area contributed by atoms with Gasteiger partial charge in [-0.15, -0.1) is 0 Å². The SMILES string of the molecule is CN1CCN2CCC[C@@H]2C1=O. The third-order valence-corrected chi connectivity index (χ3v) is 2.75. The zero-order chi connectivity index (χ0) is 7.84. The first-order valence-corrected chi connectivity index (χ1v) is 4.28. The van der Waals surface area contributed by atoms with Crippen molar-refractivity contribution < 1.29 is 4.79 Å². The average molecular weight is 154 g/mol. The number of nitrogens with zero attached hydrogens (tertiary/aromatic N) is 2. The van der Waals surface area contributed by atoms with Crippen LogP contribution in [0.3, 0.4) is 0 Å². The molecule has 1 amide bonds. The summed E-state index contributed by atoms with van der Waals surface area (Å²) in [7, 11) is 1.90. The Morgan fingerprint density at radius 1 is 1.36 bits per heavy atom. The second-order valence-electron chi connectivity index (χ2n) is 3.45. The molecule has 0 radical (unpaired) electrons. The number of fused-ring (bicyclic) bond motifs is 1. The number of rotatable bonds is 0. The summed E-state index contributed by atoms with van der Waals surface area (Å²) in [5, 5.41) is 0. The van der Waals surface area contributed by atoms with Crippen molar-refractivity contribution in [3.63, 3.8) is 0 Å². The van der Waals surface area contributed by atoms with Crippen molar-refractivity contribution in [2.45, 2.75) is 18.9 Å². The molecule has 2 saturated heterocycles. The molecule has 3 heteroatoms. The lowest BCUT2D eigenvalue weighted by Crippen LogP contribution is -2.52. The largest absolute Gasteiger partial charge is 0.343 e. The molecule has 62 valence electrons. The Labute approximate surface area is 67.0 Å². The lowest BCUT2D eigenvalue weighted by Gasteiger charge is -2.34. The van der Waals surface area contributed by atoms with E-state index in [2.05, 4.69) is 4.90 Å². The molecule has 3 nitrogen and oxygen atoms in total. The minimum atomic E-state index is 0.230. The number of carbonyl (C=O) groups is 1. The van der Waals surface area contributed by atoms with E-state index in [-0.39, 0.29) is 6.04 Å². The zero-order valence-electron chi connectivity index (χ0n) is 6.92. The van der Waals surface area contributed by atoms with E-state index in [9.17, 15) is 4.79 Å². The maximum Gasteiger partial charge on any atom is 0.239 e. The lowest BCUT2D eigenvalue weighted by atomic mass is 10.1. The van der Waals surface area contributed by atoms with Crippen molar-refractivity contribution in [1.82, 2.24) is 9.80 Å². The van der Waals surface area contributed by atoms with Crippen LogP contribution >= 0.6 is 0 Å². The van der Waals surface area contributed by atoms with E-state index in [0.29, 0.717) is 5.91 Å². The molecule has 0 aromatic rings. The molecular formula is C8H14N2O. The van der Waals surface area contributed by atoms with Gasteiger partial charge in [0, 0.05) is 20.1 Å². The summed E-state index contributed by atoms with van der Waals surface area (Å²) >= 11 is 0. The van der Waals surface area contributed by atoms with Gasteiger partial charge >= 0.3 is 0 Å². The standard InChI is InChI=1S/C8H14N2O/c1-9-5-6-10-4-2-3-7(10)8(9)11/h7H,2-6H2,1H3/t7-/m1/s1. The summed E-state index contributed by atoms with van der Waals surface area (Å²) in [6, 6.07) is 0.230. The van der Waals surface area contributed by atoms with Crippen molar-refractivity contribution >= 4 is 5.91 Å². The summed E-state index contributed by atoms with van der Waals surface area (Å²) in [4.78, 5) is 15.7. The van der Waals surface area contributed by atoms with Gasteiger partial charge in [-0.05, 0) is 19.4 Å². The van der Waals surface area contributed by atoms with E-state index in [4.69, 9.17) is 0 Å². The quantitative estimate of drug-likeness (QED) is 0.487. The fourth-order valence-corrected chi connectivity index (χ4v) is 2.02. The molecule has 0 aromatic heterocycles. The van der Waals surface area contributed by atoms with Crippen LogP contribution in [0.25, 0.3) is 0 Å². The van der Waals surface area contributed by atoms with Crippen molar-refractivity contribution in [2.24, 2.45) is 0 Å². The zero-order valence-corrected chi connectivity index (χ0v) is 6.92. The lowest BCUT2D eigenvalue weighted by molar-refractivity contribution is -0.138. The van der Waals surface area contributed by atoms with Crippen LogP contribution in [0.2, 0.25) is 0 Å². The molecule has 1 atom stereocenters. The molecule has 2 aliphatic heterocycles. The molecule has 0 saturated carbocycles. The van der Waals surface area contributed by atoms with E-state index < -0.39 is 0 Å². The van der Waals surface area contributed by atoms with Crippen LogP contribution in [-0.4, -0.2) is 48.4 Å². The monoisotopic (exact) mass is 154 g/mol. The molecule has 2 fully saturated rings. The van der Waals surface area contributed by atoms with E-state index in [0.717, 1.165) is 26.1 Å². The van der Waals surface area contributed by atoms with Gasteiger partial charge < -0.3 is 4.90 Å². The maximum atomic E-state index is 11.5. The molecule has 2 heterocycles. The van der Waals surface area contributed by atoms with E-state index in [1.54, 1.807) is 0 Å². The van der Waals surface area contributed by atoms with Gasteiger partial charge in [0.1, 0.15) is 0 Å². The summed E-state index contributed by atoms with van der Waals surface area (Å²) in [6.07, 6.45) is 2.27. The van der Waals surface area contributed by atoms with Crippen LogP contribution < -0.4 is 0 Å². The molecule has 0 unspecified atom stereocenters. The molecule has 2 aliphatic rings. The highest BCUT2D eigenvalue weighted by Gasteiger charge is 2.35. The fourth-order valence-electron chi connectivity index (χ4n) is 2.02. The number of amides is 1. The summed E-state index contributed by atoms with van der Waals surface area (Å²) in [5.74, 6) is 0.328. The predicted molar refractivity (Wildman–Crippen MR) is 42.2 cm³/mol. The maximum absolute atomic E-state index is 11.5.